The fourth-order valence-electron chi connectivity index (χ4n) is 3.43. The standard InChI is InChI=1S/C18H20FNO2S/c19-16-4-2-1-3-15(16)17-6-5-14(23-17)11-20-8-10-22-13-18(20)7-9-21-12-18/h1-6H,7-13H2. The molecule has 2 aliphatic rings. The molecule has 0 amide bonds. The molecule has 5 heteroatoms. The van der Waals surface area contributed by atoms with Gasteiger partial charge in [-0.25, -0.2) is 4.39 Å². The van der Waals surface area contributed by atoms with Gasteiger partial charge in [-0.15, -0.1) is 11.3 Å². The monoisotopic (exact) mass is 333 g/mol. The van der Waals surface area contributed by atoms with Gasteiger partial charge >= 0.3 is 0 Å². The average molecular weight is 333 g/mol. The highest BCUT2D eigenvalue weighted by molar-refractivity contribution is 7.15. The van der Waals surface area contributed by atoms with Crippen LogP contribution in [-0.4, -0.2) is 43.4 Å². The molecular formula is C18H20FNO2S. The van der Waals surface area contributed by atoms with Crippen LogP contribution < -0.4 is 0 Å². The summed E-state index contributed by atoms with van der Waals surface area (Å²) in [5.74, 6) is -0.159. The third-order valence-corrected chi connectivity index (χ3v) is 5.88. The number of thiophene rings is 1. The zero-order valence-corrected chi connectivity index (χ0v) is 13.8. The van der Waals surface area contributed by atoms with Gasteiger partial charge in [0.1, 0.15) is 5.82 Å². The lowest BCUT2D eigenvalue weighted by molar-refractivity contribution is -0.0745. The molecule has 1 atom stereocenters. The van der Waals surface area contributed by atoms with Gasteiger partial charge in [-0.3, -0.25) is 4.90 Å². The van der Waals surface area contributed by atoms with Crippen LogP contribution in [0.5, 0.6) is 0 Å². The molecule has 2 fully saturated rings. The van der Waals surface area contributed by atoms with E-state index >= 15 is 0 Å². The summed E-state index contributed by atoms with van der Waals surface area (Å²) in [5.41, 5.74) is 0.713. The lowest BCUT2D eigenvalue weighted by Crippen LogP contribution is -2.56. The maximum absolute atomic E-state index is 13.9. The van der Waals surface area contributed by atoms with Crippen LogP contribution in [0.4, 0.5) is 4.39 Å². The van der Waals surface area contributed by atoms with Crippen LogP contribution in [0, 0.1) is 5.82 Å². The number of hydrogen-bond acceptors (Lipinski definition) is 4. The number of benzene rings is 1. The van der Waals surface area contributed by atoms with Crippen molar-refractivity contribution in [2.75, 3.05) is 33.0 Å². The van der Waals surface area contributed by atoms with Crippen LogP contribution in [0.1, 0.15) is 11.3 Å². The quantitative estimate of drug-likeness (QED) is 0.857. The number of hydrogen-bond donors (Lipinski definition) is 0. The summed E-state index contributed by atoms with van der Waals surface area (Å²) in [7, 11) is 0. The van der Waals surface area contributed by atoms with Gasteiger partial charge in [0.15, 0.2) is 0 Å². The number of morpholine rings is 1. The molecule has 4 rings (SSSR count). The average Bonchev–Trinajstić information content (AvgIpc) is 3.21. The Hall–Kier alpha value is -1.27. The van der Waals surface area contributed by atoms with Crippen molar-refractivity contribution < 1.29 is 13.9 Å². The van der Waals surface area contributed by atoms with Crippen molar-refractivity contribution in [1.82, 2.24) is 4.90 Å². The van der Waals surface area contributed by atoms with Crippen LogP contribution in [0.15, 0.2) is 36.4 Å². The van der Waals surface area contributed by atoms with E-state index in [1.54, 1.807) is 17.4 Å². The fourth-order valence-corrected chi connectivity index (χ4v) is 4.48. The van der Waals surface area contributed by atoms with Crippen molar-refractivity contribution in [3.8, 4) is 10.4 Å². The Morgan fingerprint density at radius 2 is 1.91 bits per heavy atom. The summed E-state index contributed by atoms with van der Waals surface area (Å²) in [5, 5.41) is 0. The molecule has 122 valence electrons. The Balaban J connectivity index is 1.54. The van der Waals surface area contributed by atoms with Gasteiger partial charge in [-0.05, 0) is 24.6 Å². The first-order chi connectivity index (χ1) is 11.3. The van der Waals surface area contributed by atoms with E-state index in [0.717, 1.165) is 50.8 Å². The van der Waals surface area contributed by atoms with Crippen molar-refractivity contribution in [2.45, 2.75) is 18.5 Å². The predicted octanol–water partition coefficient (Wildman–Crippen LogP) is 3.55. The highest BCUT2D eigenvalue weighted by Gasteiger charge is 2.43. The van der Waals surface area contributed by atoms with Crippen molar-refractivity contribution in [2.24, 2.45) is 0 Å². The molecule has 1 spiro atoms. The largest absolute Gasteiger partial charge is 0.379 e. The first-order valence-electron chi connectivity index (χ1n) is 8.01. The fraction of sp³-hybridized carbons (Fsp3) is 0.444. The van der Waals surface area contributed by atoms with Crippen molar-refractivity contribution in [3.05, 3.63) is 47.1 Å². The highest BCUT2D eigenvalue weighted by Crippen LogP contribution is 2.34. The summed E-state index contributed by atoms with van der Waals surface area (Å²) >= 11 is 1.67. The molecule has 1 unspecified atom stereocenters. The minimum Gasteiger partial charge on any atom is -0.379 e. The van der Waals surface area contributed by atoms with E-state index in [1.165, 1.54) is 10.9 Å². The van der Waals surface area contributed by atoms with E-state index in [2.05, 4.69) is 11.0 Å². The van der Waals surface area contributed by atoms with Crippen molar-refractivity contribution in [3.63, 3.8) is 0 Å². The molecule has 0 radical (unpaired) electrons. The summed E-state index contributed by atoms with van der Waals surface area (Å²) in [6.07, 6.45) is 1.03. The molecular weight excluding hydrogens is 313 g/mol. The normalized spacial score (nSPS) is 25.3. The molecule has 3 nitrogen and oxygen atoms in total. The number of rotatable bonds is 3. The first-order valence-corrected chi connectivity index (χ1v) is 8.83. The van der Waals surface area contributed by atoms with Crippen molar-refractivity contribution in [1.29, 1.82) is 0 Å². The summed E-state index contributed by atoms with van der Waals surface area (Å²) in [4.78, 5) is 4.74. The lowest BCUT2D eigenvalue weighted by atomic mass is 9.96. The van der Waals surface area contributed by atoms with Gasteiger partial charge in [0, 0.05) is 35.0 Å². The number of nitrogens with zero attached hydrogens (tertiary/aromatic N) is 1. The van der Waals surface area contributed by atoms with Crippen LogP contribution in [0.25, 0.3) is 10.4 Å². The molecule has 0 bridgehead atoms. The van der Waals surface area contributed by atoms with Crippen LogP contribution in [0.3, 0.4) is 0 Å². The molecule has 1 aromatic heterocycles. The van der Waals surface area contributed by atoms with Gasteiger partial charge in [0.25, 0.3) is 0 Å². The molecule has 2 saturated heterocycles. The topological polar surface area (TPSA) is 21.7 Å². The number of halogens is 1. The second-order valence-electron chi connectivity index (χ2n) is 6.25. The Labute approximate surface area is 139 Å². The Morgan fingerprint density at radius 3 is 2.74 bits per heavy atom. The molecule has 0 saturated carbocycles. The maximum atomic E-state index is 13.9. The van der Waals surface area contributed by atoms with Crippen LogP contribution >= 0.6 is 11.3 Å². The molecule has 2 aromatic rings. The van der Waals surface area contributed by atoms with Gasteiger partial charge in [0.2, 0.25) is 0 Å². The lowest BCUT2D eigenvalue weighted by Gasteiger charge is -2.43. The molecule has 2 aliphatic heterocycles. The second kappa shape index (κ2) is 6.32. The second-order valence-corrected chi connectivity index (χ2v) is 7.42. The van der Waals surface area contributed by atoms with Gasteiger partial charge in [0.05, 0.1) is 25.4 Å². The summed E-state index contributed by atoms with van der Waals surface area (Å²) in [6, 6.07) is 11.1. The van der Waals surface area contributed by atoms with Crippen LogP contribution in [0.2, 0.25) is 0 Å². The predicted molar refractivity (Wildman–Crippen MR) is 89.1 cm³/mol. The SMILES string of the molecule is Fc1ccccc1-c1ccc(CN2CCOCC23CCOC3)s1. The zero-order chi connectivity index (χ0) is 15.7. The summed E-state index contributed by atoms with van der Waals surface area (Å²) in [6.45, 7) is 4.89. The molecule has 0 N–H and O–H groups in total. The van der Waals surface area contributed by atoms with Crippen LogP contribution in [-0.2, 0) is 16.0 Å². The minimum atomic E-state index is -0.159. The maximum Gasteiger partial charge on any atom is 0.131 e. The third kappa shape index (κ3) is 2.94. The summed E-state index contributed by atoms with van der Waals surface area (Å²) < 4.78 is 25.3. The molecule has 23 heavy (non-hydrogen) atoms. The third-order valence-electron chi connectivity index (χ3n) is 4.78. The van der Waals surface area contributed by atoms with E-state index in [4.69, 9.17) is 9.47 Å². The van der Waals surface area contributed by atoms with Gasteiger partial charge < -0.3 is 9.47 Å². The smallest absolute Gasteiger partial charge is 0.131 e. The van der Waals surface area contributed by atoms with E-state index in [9.17, 15) is 4.39 Å². The van der Waals surface area contributed by atoms with E-state index in [1.807, 2.05) is 18.2 Å². The molecule has 3 heterocycles. The molecule has 1 aromatic carbocycles. The van der Waals surface area contributed by atoms with E-state index in [-0.39, 0.29) is 11.4 Å². The van der Waals surface area contributed by atoms with E-state index < -0.39 is 0 Å². The van der Waals surface area contributed by atoms with E-state index in [0.29, 0.717) is 5.56 Å². The minimum absolute atomic E-state index is 0.0282. The Kier molecular flexibility index (Phi) is 4.20. The van der Waals surface area contributed by atoms with Gasteiger partial charge in [-0.1, -0.05) is 18.2 Å². The Morgan fingerprint density at radius 1 is 1.09 bits per heavy atom. The van der Waals surface area contributed by atoms with Gasteiger partial charge in [-0.2, -0.15) is 0 Å². The highest BCUT2D eigenvalue weighted by atomic mass is 32.1. The Bertz CT molecular complexity index is 681. The molecule has 0 aliphatic carbocycles. The number of ether oxygens (including phenoxy) is 2. The first kappa shape index (κ1) is 15.3. The van der Waals surface area contributed by atoms with Crippen molar-refractivity contribution >= 4 is 11.3 Å². The zero-order valence-electron chi connectivity index (χ0n) is 13.0.